The lowest BCUT2D eigenvalue weighted by molar-refractivity contribution is -0.120. The number of nitrogens with one attached hydrogen (secondary N) is 2. The van der Waals surface area contributed by atoms with Crippen LogP contribution in [0.15, 0.2) is 60.7 Å². The highest BCUT2D eigenvalue weighted by atomic mass is 32.1. The second-order valence-corrected chi connectivity index (χ2v) is 11.7. The highest BCUT2D eigenvalue weighted by molar-refractivity contribution is 7.18. The zero-order valence-corrected chi connectivity index (χ0v) is 23.9. The third-order valence-electron chi connectivity index (χ3n) is 8.02. The van der Waals surface area contributed by atoms with Crippen LogP contribution in [0.5, 0.6) is 0 Å². The van der Waals surface area contributed by atoms with E-state index in [9.17, 15) is 9.59 Å². The number of para-hydroxylation sites is 1. The minimum absolute atomic E-state index is 0.0809. The van der Waals surface area contributed by atoms with E-state index in [1.807, 2.05) is 59.5 Å². The second-order valence-electron chi connectivity index (χ2n) is 10.7. The fourth-order valence-electron chi connectivity index (χ4n) is 5.85. The van der Waals surface area contributed by atoms with E-state index < -0.39 is 0 Å². The average Bonchev–Trinajstić information content (AvgIpc) is 3.71. The van der Waals surface area contributed by atoms with Crippen LogP contribution >= 0.6 is 11.3 Å². The van der Waals surface area contributed by atoms with Gasteiger partial charge in [-0.05, 0) is 31.5 Å². The summed E-state index contributed by atoms with van der Waals surface area (Å²) in [5.41, 5.74) is 2.44. The van der Waals surface area contributed by atoms with E-state index in [4.69, 9.17) is 4.98 Å². The van der Waals surface area contributed by atoms with Crippen LogP contribution < -0.4 is 20.4 Å². The lowest BCUT2D eigenvalue weighted by Crippen LogP contribution is -2.50. The van der Waals surface area contributed by atoms with Crippen LogP contribution in [0, 0.1) is 0 Å². The molecule has 3 aliphatic heterocycles. The summed E-state index contributed by atoms with van der Waals surface area (Å²) in [4.78, 5) is 41.9. The van der Waals surface area contributed by atoms with Gasteiger partial charge in [0.1, 0.15) is 11.5 Å². The molecule has 3 aliphatic rings. The van der Waals surface area contributed by atoms with Crippen LogP contribution in [-0.2, 0) is 4.79 Å². The van der Waals surface area contributed by atoms with Crippen LogP contribution in [0.2, 0.25) is 0 Å². The van der Waals surface area contributed by atoms with Crippen molar-refractivity contribution >= 4 is 39.8 Å². The average molecular weight is 582 g/mol. The molecule has 2 amide bonds. The Morgan fingerprint density at radius 3 is 2.69 bits per heavy atom. The normalized spacial score (nSPS) is 19.0. The molecule has 3 saturated heterocycles. The predicted octanol–water partition coefficient (Wildman–Crippen LogP) is 3.14. The minimum atomic E-state index is -0.369. The van der Waals surface area contributed by atoms with Crippen molar-refractivity contribution in [2.24, 2.45) is 0 Å². The van der Waals surface area contributed by atoms with E-state index in [1.165, 1.54) is 19.4 Å². The monoisotopic (exact) mass is 581 g/mol. The molecular weight excluding hydrogens is 550 g/mol. The van der Waals surface area contributed by atoms with E-state index in [-0.39, 0.29) is 24.1 Å². The first-order chi connectivity index (χ1) is 20.6. The quantitative estimate of drug-likeness (QED) is 0.354. The fraction of sp³-hybridized carbons (Fsp3) is 0.333. The zero-order valence-electron chi connectivity index (χ0n) is 23.1. The van der Waals surface area contributed by atoms with Gasteiger partial charge in [0.25, 0.3) is 5.91 Å². The van der Waals surface area contributed by atoms with Gasteiger partial charge in [0.05, 0.1) is 12.2 Å². The second kappa shape index (κ2) is 11.5. The van der Waals surface area contributed by atoms with Gasteiger partial charge >= 0.3 is 0 Å². The number of carbonyl (C=O) groups excluding carboxylic acids is 2. The van der Waals surface area contributed by atoms with Gasteiger partial charge in [0.2, 0.25) is 11.0 Å². The molecule has 7 rings (SSSR count). The molecule has 214 valence electrons. The SMILES string of the molecule is O=C1CN(c2cc(C(=O)Nc3ccccc3-c3nnc(N4CCN5CCCC5C4)s3)nc(-c3ccccc3)n2)CCN1. The van der Waals surface area contributed by atoms with E-state index in [2.05, 4.69) is 35.6 Å². The van der Waals surface area contributed by atoms with Gasteiger partial charge in [-0.25, -0.2) is 9.97 Å². The molecule has 2 N–H and O–H groups in total. The van der Waals surface area contributed by atoms with Crippen molar-refractivity contribution in [3.8, 4) is 22.0 Å². The Bertz CT molecular complexity index is 1610. The topological polar surface area (TPSA) is 119 Å². The Morgan fingerprint density at radius 1 is 0.952 bits per heavy atom. The van der Waals surface area contributed by atoms with E-state index >= 15 is 0 Å². The third kappa shape index (κ3) is 5.42. The summed E-state index contributed by atoms with van der Waals surface area (Å²) in [6, 6.07) is 19.4. The highest BCUT2D eigenvalue weighted by Crippen LogP contribution is 2.35. The predicted molar refractivity (Wildman–Crippen MR) is 163 cm³/mol. The summed E-state index contributed by atoms with van der Waals surface area (Å²) >= 11 is 1.55. The summed E-state index contributed by atoms with van der Waals surface area (Å²) < 4.78 is 0. The molecule has 42 heavy (non-hydrogen) atoms. The number of rotatable bonds is 6. The summed E-state index contributed by atoms with van der Waals surface area (Å²) in [5, 5.41) is 16.6. The van der Waals surface area contributed by atoms with Crippen molar-refractivity contribution in [2.75, 3.05) is 60.9 Å². The van der Waals surface area contributed by atoms with Crippen LogP contribution in [0.1, 0.15) is 23.3 Å². The molecule has 0 saturated carbocycles. The van der Waals surface area contributed by atoms with Crippen molar-refractivity contribution in [2.45, 2.75) is 18.9 Å². The number of hydrogen-bond donors (Lipinski definition) is 2. The first kappa shape index (κ1) is 26.5. The van der Waals surface area contributed by atoms with Gasteiger partial charge in [-0.3, -0.25) is 14.5 Å². The van der Waals surface area contributed by atoms with Crippen molar-refractivity contribution in [3.05, 3.63) is 66.4 Å². The lowest BCUT2D eigenvalue weighted by Gasteiger charge is -2.37. The van der Waals surface area contributed by atoms with Crippen molar-refractivity contribution < 1.29 is 9.59 Å². The number of benzene rings is 2. The molecule has 4 aromatic rings. The van der Waals surface area contributed by atoms with Crippen LogP contribution in [0.25, 0.3) is 22.0 Å². The first-order valence-corrected chi connectivity index (χ1v) is 15.1. The number of piperazine rings is 2. The summed E-state index contributed by atoms with van der Waals surface area (Å²) in [5.74, 6) is 0.511. The van der Waals surface area contributed by atoms with Crippen LogP contribution in [0.4, 0.5) is 16.6 Å². The third-order valence-corrected chi connectivity index (χ3v) is 9.03. The number of carbonyl (C=O) groups is 2. The Hall–Kier alpha value is -4.42. The van der Waals surface area contributed by atoms with Gasteiger partial charge in [-0.2, -0.15) is 0 Å². The van der Waals surface area contributed by atoms with Gasteiger partial charge in [0.15, 0.2) is 10.8 Å². The molecule has 2 aromatic carbocycles. The van der Waals surface area contributed by atoms with Crippen molar-refractivity contribution in [1.29, 1.82) is 0 Å². The summed E-state index contributed by atoms with van der Waals surface area (Å²) in [7, 11) is 0. The minimum Gasteiger partial charge on any atom is -0.353 e. The summed E-state index contributed by atoms with van der Waals surface area (Å²) in [6.07, 6.45) is 2.50. The van der Waals surface area contributed by atoms with Crippen molar-refractivity contribution in [1.82, 2.24) is 30.4 Å². The first-order valence-electron chi connectivity index (χ1n) is 14.3. The maximum Gasteiger partial charge on any atom is 0.274 e. The standard InChI is InChI=1S/C30H31N9O2S/c40-26-19-38(14-12-31-26)25-17-24(32-27(34-25)20-7-2-1-3-8-20)28(41)33-23-11-5-4-10-22(23)29-35-36-30(42-29)39-16-15-37-13-6-9-21(37)18-39/h1-5,7-8,10-11,17,21H,6,9,12-16,18-19H2,(H,31,40)(H,33,41). The fourth-order valence-corrected chi connectivity index (χ4v) is 6.76. The molecular formula is C30H31N9O2S. The lowest BCUT2D eigenvalue weighted by atomic mass is 10.1. The number of fused-ring (bicyclic) bond motifs is 1. The van der Waals surface area contributed by atoms with Gasteiger partial charge in [-0.15, -0.1) is 10.2 Å². The van der Waals surface area contributed by atoms with E-state index in [0.29, 0.717) is 36.5 Å². The molecule has 0 spiro atoms. The van der Waals surface area contributed by atoms with E-state index in [1.54, 1.807) is 17.4 Å². The zero-order chi connectivity index (χ0) is 28.5. The molecule has 1 atom stereocenters. The maximum atomic E-state index is 13.7. The van der Waals surface area contributed by atoms with Gasteiger partial charge < -0.3 is 20.4 Å². The number of anilines is 3. The Kier molecular flexibility index (Phi) is 7.22. The molecule has 0 radical (unpaired) electrons. The molecule has 2 aromatic heterocycles. The molecule has 0 bridgehead atoms. The van der Waals surface area contributed by atoms with Crippen molar-refractivity contribution in [3.63, 3.8) is 0 Å². The van der Waals surface area contributed by atoms with Crippen LogP contribution in [0.3, 0.4) is 0 Å². The highest BCUT2D eigenvalue weighted by Gasteiger charge is 2.32. The van der Waals surface area contributed by atoms with Crippen LogP contribution in [-0.4, -0.2) is 88.7 Å². The Morgan fingerprint density at radius 2 is 1.81 bits per heavy atom. The molecule has 11 nitrogen and oxygen atoms in total. The molecule has 1 unspecified atom stereocenters. The molecule has 3 fully saturated rings. The summed E-state index contributed by atoms with van der Waals surface area (Å²) in [6.45, 7) is 5.45. The maximum absolute atomic E-state index is 13.7. The number of aromatic nitrogens is 4. The van der Waals surface area contributed by atoms with Gasteiger partial charge in [-0.1, -0.05) is 53.8 Å². The molecule has 0 aliphatic carbocycles. The molecule has 12 heteroatoms. The number of amides is 2. The van der Waals surface area contributed by atoms with E-state index in [0.717, 1.165) is 40.9 Å². The Balaban J connectivity index is 1.16. The smallest absolute Gasteiger partial charge is 0.274 e. The number of nitrogens with zero attached hydrogens (tertiary/aromatic N) is 7. The largest absolute Gasteiger partial charge is 0.353 e. The Labute approximate surface area is 247 Å². The van der Waals surface area contributed by atoms with Gasteiger partial charge in [0, 0.05) is 56.0 Å². The number of hydrogen-bond acceptors (Lipinski definition) is 10. The molecule has 5 heterocycles.